The number of carbonyl (C=O) groups is 2. The molecule has 0 aromatic rings. The van der Waals surface area contributed by atoms with Crippen LogP contribution in [0.15, 0.2) is 22.5 Å². The summed E-state index contributed by atoms with van der Waals surface area (Å²) in [6.45, 7) is 10.4. The van der Waals surface area contributed by atoms with Crippen LogP contribution in [-0.4, -0.2) is 16.7 Å². The van der Waals surface area contributed by atoms with Gasteiger partial charge in [0, 0.05) is 22.1 Å². The Labute approximate surface area is 138 Å². The number of rotatable bonds is 1. The van der Waals surface area contributed by atoms with Gasteiger partial charge in [0.2, 0.25) is 11.6 Å². The van der Waals surface area contributed by atoms with Crippen molar-refractivity contribution in [2.45, 2.75) is 66.7 Å². The monoisotopic (exact) mass is 316 g/mol. The molecule has 2 atom stereocenters. The molecule has 1 N–H and O–H groups in total. The molecule has 0 amide bonds. The second kappa shape index (κ2) is 5.06. The Bertz CT molecular complexity index is 648. The number of Topliss-reactive ketones (excluding diaryl/α,β-unsaturated/α-hetero) is 2. The van der Waals surface area contributed by atoms with Crippen molar-refractivity contribution < 1.29 is 14.7 Å². The van der Waals surface area contributed by atoms with Crippen molar-refractivity contribution in [1.82, 2.24) is 0 Å². The van der Waals surface area contributed by atoms with Crippen LogP contribution >= 0.6 is 0 Å². The fourth-order valence-electron chi connectivity index (χ4n) is 5.56. The topological polar surface area (TPSA) is 54.4 Å². The van der Waals surface area contributed by atoms with Gasteiger partial charge in [-0.25, -0.2) is 0 Å². The Morgan fingerprint density at radius 3 is 2.35 bits per heavy atom. The van der Waals surface area contributed by atoms with Crippen LogP contribution in [0.25, 0.3) is 0 Å². The Balaban J connectivity index is 2.21. The van der Waals surface area contributed by atoms with E-state index in [1.165, 1.54) is 0 Å². The van der Waals surface area contributed by atoms with Gasteiger partial charge in [-0.05, 0) is 42.9 Å². The Hall–Kier alpha value is -1.38. The van der Waals surface area contributed by atoms with Crippen LogP contribution in [0.1, 0.15) is 66.7 Å². The second-order valence-electron chi connectivity index (χ2n) is 8.78. The summed E-state index contributed by atoms with van der Waals surface area (Å²) in [5, 5.41) is 10.7. The van der Waals surface area contributed by atoms with Crippen molar-refractivity contribution in [3.63, 3.8) is 0 Å². The number of allylic oxidation sites excluding steroid dienone is 3. The molecule has 0 bridgehead atoms. The highest BCUT2D eigenvalue weighted by Gasteiger charge is 2.55. The zero-order valence-electron chi connectivity index (χ0n) is 15.0. The zero-order chi connectivity index (χ0) is 17.2. The standard InChI is InChI=1S/C20H28O3/c1-11(2)14-16(21)12-7-8-13-19(3,4)9-6-10-20(13,5)15(12)18(23)17(14)22/h11,13,21H,6-10H2,1-5H3/t13?,20-/m0/s1. The largest absolute Gasteiger partial charge is 0.507 e. The van der Waals surface area contributed by atoms with Crippen molar-refractivity contribution in [1.29, 1.82) is 0 Å². The lowest BCUT2D eigenvalue weighted by Gasteiger charge is -2.55. The molecule has 3 heteroatoms. The Morgan fingerprint density at radius 2 is 1.74 bits per heavy atom. The van der Waals surface area contributed by atoms with E-state index < -0.39 is 5.78 Å². The average Bonchev–Trinajstić information content (AvgIpc) is 2.43. The molecule has 3 rings (SSSR count). The predicted molar refractivity (Wildman–Crippen MR) is 90.0 cm³/mol. The second-order valence-corrected chi connectivity index (χ2v) is 8.78. The molecule has 0 aliphatic heterocycles. The Kier molecular flexibility index (Phi) is 3.62. The molecule has 0 radical (unpaired) electrons. The number of aliphatic hydroxyl groups is 1. The summed E-state index contributed by atoms with van der Waals surface area (Å²) in [7, 11) is 0. The molecule has 0 saturated heterocycles. The van der Waals surface area contributed by atoms with Gasteiger partial charge >= 0.3 is 0 Å². The Morgan fingerprint density at radius 1 is 1.09 bits per heavy atom. The predicted octanol–water partition coefficient (Wildman–Crippen LogP) is 4.53. The molecule has 1 saturated carbocycles. The van der Waals surface area contributed by atoms with Crippen LogP contribution in [0.2, 0.25) is 0 Å². The third kappa shape index (κ3) is 2.15. The summed E-state index contributed by atoms with van der Waals surface area (Å²) in [6.07, 6.45) is 4.86. The lowest BCUT2D eigenvalue weighted by Crippen LogP contribution is -2.49. The highest BCUT2D eigenvalue weighted by Crippen LogP contribution is 2.61. The first-order valence-corrected chi connectivity index (χ1v) is 8.87. The molecule has 0 aromatic carbocycles. The van der Waals surface area contributed by atoms with Crippen molar-refractivity contribution >= 4 is 11.6 Å². The van der Waals surface area contributed by atoms with E-state index in [0.29, 0.717) is 23.5 Å². The highest BCUT2D eigenvalue weighted by atomic mass is 16.3. The van der Waals surface area contributed by atoms with E-state index in [1.54, 1.807) is 0 Å². The minimum Gasteiger partial charge on any atom is -0.507 e. The molecule has 3 aliphatic rings. The van der Waals surface area contributed by atoms with Gasteiger partial charge in [-0.1, -0.05) is 41.0 Å². The number of hydrogen-bond donors (Lipinski definition) is 1. The van der Waals surface area contributed by atoms with Gasteiger partial charge in [-0.2, -0.15) is 0 Å². The maximum Gasteiger partial charge on any atom is 0.233 e. The van der Waals surface area contributed by atoms with E-state index in [0.717, 1.165) is 31.3 Å². The van der Waals surface area contributed by atoms with Crippen LogP contribution in [0.5, 0.6) is 0 Å². The van der Waals surface area contributed by atoms with Crippen molar-refractivity contribution in [3.05, 3.63) is 22.5 Å². The van der Waals surface area contributed by atoms with Gasteiger partial charge in [-0.15, -0.1) is 0 Å². The minimum absolute atomic E-state index is 0.0997. The highest BCUT2D eigenvalue weighted by molar-refractivity contribution is 6.50. The van der Waals surface area contributed by atoms with Gasteiger partial charge < -0.3 is 5.11 Å². The van der Waals surface area contributed by atoms with Crippen LogP contribution in [0, 0.1) is 22.7 Å². The lowest BCUT2D eigenvalue weighted by atomic mass is 9.49. The van der Waals surface area contributed by atoms with Gasteiger partial charge in [0.15, 0.2) is 0 Å². The van der Waals surface area contributed by atoms with Crippen LogP contribution in [0.4, 0.5) is 0 Å². The third-order valence-corrected chi connectivity index (χ3v) is 6.58. The van der Waals surface area contributed by atoms with Gasteiger partial charge in [0.25, 0.3) is 0 Å². The third-order valence-electron chi connectivity index (χ3n) is 6.58. The number of aliphatic hydroxyl groups excluding tert-OH is 1. The van der Waals surface area contributed by atoms with Crippen LogP contribution < -0.4 is 0 Å². The molecule has 3 aliphatic carbocycles. The van der Waals surface area contributed by atoms with E-state index in [2.05, 4.69) is 20.8 Å². The van der Waals surface area contributed by atoms with Crippen molar-refractivity contribution in [3.8, 4) is 0 Å². The summed E-state index contributed by atoms with van der Waals surface area (Å²) in [6, 6.07) is 0. The minimum atomic E-state index is -0.485. The van der Waals surface area contributed by atoms with E-state index in [1.807, 2.05) is 13.8 Å². The van der Waals surface area contributed by atoms with Crippen LogP contribution in [-0.2, 0) is 9.59 Å². The first kappa shape index (κ1) is 16.5. The van der Waals surface area contributed by atoms with E-state index in [-0.39, 0.29) is 28.3 Å². The molecule has 0 spiro atoms. The number of fused-ring (bicyclic) bond motifs is 2. The quantitative estimate of drug-likeness (QED) is 0.571. The summed E-state index contributed by atoms with van der Waals surface area (Å²) in [4.78, 5) is 25.5. The van der Waals surface area contributed by atoms with Crippen molar-refractivity contribution in [2.75, 3.05) is 0 Å². The molecule has 0 heterocycles. The fourth-order valence-corrected chi connectivity index (χ4v) is 5.56. The number of ketones is 2. The summed E-state index contributed by atoms with van der Waals surface area (Å²) < 4.78 is 0. The molecule has 0 aromatic heterocycles. The first-order chi connectivity index (χ1) is 10.6. The van der Waals surface area contributed by atoms with Gasteiger partial charge in [-0.3, -0.25) is 9.59 Å². The number of carbonyl (C=O) groups excluding carboxylic acids is 2. The van der Waals surface area contributed by atoms with Gasteiger partial charge in [0.05, 0.1) is 0 Å². The fraction of sp³-hybridized carbons (Fsp3) is 0.700. The number of hydrogen-bond acceptors (Lipinski definition) is 3. The molecule has 1 unspecified atom stereocenters. The zero-order valence-corrected chi connectivity index (χ0v) is 15.0. The molecule has 3 nitrogen and oxygen atoms in total. The van der Waals surface area contributed by atoms with Crippen molar-refractivity contribution in [2.24, 2.45) is 22.7 Å². The smallest absolute Gasteiger partial charge is 0.233 e. The van der Waals surface area contributed by atoms with E-state index >= 15 is 0 Å². The molecule has 23 heavy (non-hydrogen) atoms. The summed E-state index contributed by atoms with van der Waals surface area (Å²) in [5.41, 5.74) is 1.60. The average molecular weight is 316 g/mol. The van der Waals surface area contributed by atoms with E-state index in [4.69, 9.17) is 0 Å². The summed E-state index contributed by atoms with van der Waals surface area (Å²) >= 11 is 0. The SMILES string of the molecule is CC(C)C1=C(O)C2=C(C(=O)C1=O)[C@@]1(C)CCCC(C)(C)C1CC2. The van der Waals surface area contributed by atoms with Crippen LogP contribution in [0.3, 0.4) is 0 Å². The summed E-state index contributed by atoms with van der Waals surface area (Å²) in [5.74, 6) is -0.475. The molecule has 1 fully saturated rings. The molecule has 126 valence electrons. The molecular formula is C20H28O3. The first-order valence-electron chi connectivity index (χ1n) is 8.87. The van der Waals surface area contributed by atoms with E-state index in [9.17, 15) is 14.7 Å². The molecular weight excluding hydrogens is 288 g/mol. The lowest BCUT2D eigenvalue weighted by molar-refractivity contribution is -0.134. The normalized spacial score (nSPS) is 33.9. The van der Waals surface area contributed by atoms with Gasteiger partial charge in [0.1, 0.15) is 5.76 Å². The maximum atomic E-state index is 12.9. The maximum absolute atomic E-state index is 12.9.